The average molecular weight is 352 g/mol. The zero-order valence-corrected chi connectivity index (χ0v) is 12.9. The van der Waals surface area contributed by atoms with Crippen LogP contribution in [-0.2, 0) is 0 Å². The van der Waals surface area contributed by atoms with Crippen LogP contribution in [0, 0.1) is 11.2 Å². The summed E-state index contributed by atoms with van der Waals surface area (Å²) in [7, 11) is 0. The van der Waals surface area contributed by atoms with Gasteiger partial charge in [-0.1, -0.05) is 0 Å². The molecule has 110 valence electrons. The van der Waals surface area contributed by atoms with Gasteiger partial charge in [0, 0.05) is 30.0 Å². The Balaban J connectivity index is 1.51. The van der Waals surface area contributed by atoms with Gasteiger partial charge in [-0.05, 0) is 52.4 Å². The maximum atomic E-state index is 13.5. The molecule has 4 rings (SSSR count). The highest BCUT2D eigenvalue weighted by atomic mass is 79.9. The van der Waals surface area contributed by atoms with Crippen molar-refractivity contribution in [2.75, 3.05) is 13.1 Å². The fourth-order valence-electron chi connectivity index (χ4n) is 3.38. The number of H-pyrrole nitrogens is 1. The highest BCUT2D eigenvalue weighted by molar-refractivity contribution is 9.10. The van der Waals surface area contributed by atoms with Crippen LogP contribution in [0.2, 0.25) is 0 Å². The van der Waals surface area contributed by atoms with Crippen molar-refractivity contribution in [2.24, 2.45) is 5.41 Å². The molecular weight excluding hydrogens is 337 g/mol. The van der Waals surface area contributed by atoms with Crippen molar-refractivity contribution < 1.29 is 9.18 Å². The van der Waals surface area contributed by atoms with E-state index in [2.05, 4.69) is 31.5 Å². The topological polar surface area (TPSA) is 56.9 Å². The first kappa shape index (κ1) is 13.3. The maximum Gasteiger partial charge on any atom is 0.267 e. The van der Waals surface area contributed by atoms with E-state index < -0.39 is 0 Å². The third-order valence-corrected chi connectivity index (χ3v) is 5.44. The number of halogens is 2. The zero-order chi connectivity index (χ0) is 14.6. The molecule has 2 aliphatic rings. The van der Waals surface area contributed by atoms with Crippen LogP contribution < -0.4 is 10.6 Å². The van der Waals surface area contributed by atoms with Gasteiger partial charge in [-0.3, -0.25) is 4.79 Å². The molecule has 1 aliphatic heterocycles. The fraction of sp³-hybridized carbons (Fsp3) is 0.400. The monoisotopic (exact) mass is 351 g/mol. The first-order valence-corrected chi connectivity index (χ1v) is 7.84. The van der Waals surface area contributed by atoms with Crippen LogP contribution >= 0.6 is 15.9 Å². The lowest BCUT2D eigenvalue weighted by molar-refractivity contribution is 0.0231. The van der Waals surface area contributed by atoms with Gasteiger partial charge in [0.1, 0.15) is 11.5 Å². The van der Waals surface area contributed by atoms with E-state index in [9.17, 15) is 9.18 Å². The Morgan fingerprint density at radius 2 is 2.14 bits per heavy atom. The van der Waals surface area contributed by atoms with Crippen molar-refractivity contribution in [1.82, 2.24) is 15.6 Å². The molecule has 1 spiro atoms. The van der Waals surface area contributed by atoms with E-state index in [0.29, 0.717) is 21.0 Å². The maximum absolute atomic E-state index is 13.5. The summed E-state index contributed by atoms with van der Waals surface area (Å²) < 4.78 is 13.9. The summed E-state index contributed by atoms with van der Waals surface area (Å²) in [6.45, 7) is 2.13. The molecule has 2 heterocycles. The molecule has 0 radical (unpaired) electrons. The molecule has 3 N–H and O–H groups in total. The Hall–Kier alpha value is -1.40. The highest BCUT2D eigenvalue weighted by Gasteiger charge is 2.48. The zero-order valence-electron chi connectivity index (χ0n) is 11.3. The predicted octanol–water partition coefficient (Wildman–Crippen LogP) is 2.55. The lowest BCUT2D eigenvalue weighted by Gasteiger charge is -2.54. The number of benzene rings is 1. The van der Waals surface area contributed by atoms with E-state index in [-0.39, 0.29) is 17.8 Å². The molecule has 1 saturated heterocycles. The van der Waals surface area contributed by atoms with Gasteiger partial charge in [-0.15, -0.1) is 0 Å². The smallest absolute Gasteiger partial charge is 0.267 e. The third kappa shape index (κ3) is 2.08. The summed E-state index contributed by atoms with van der Waals surface area (Å²) in [5, 5.41) is 7.01. The molecule has 1 aromatic heterocycles. The normalized spacial score (nSPS) is 20.3. The minimum atomic E-state index is -0.327. The van der Waals surface area contributed by atoms with E-state index >= 15 is 0 Å². The van der Waals surface area contributed by atoms with Gasteiger partial charge in [0.25, 0.3) is 5.91 Å². The minimum absolute atomic E-state index is 0.120. The fourth-order valence-corrected chi connectivity index (χ4v) is 3.84. The first-order valence-electron chi connectivity index (χ1n) is 7.05. The van der Waals surface area contributed by atoms with Crippen molar-refractivity contribution in [3.8, 4) is 0 Å². The predicted molar refractivity (Wildman–Crippen MR) is 81.7 cm³/mol. The third-order valence-electron chi connectivity index (χ3n) is 4.63. The number of fused-ring (bicyclic) bond motifs is 1. The number of aromatic amines is 1. The molecule has 1 aromatic carbocycles. The van der Waals surface area contributed by atoms with Crippen molar-refractivity contribution in [3.63, 3.8) is 0 Å². The molecule has 21 heavy (non-hydrogen) atoms. The number of nitrogens with one attached hydrogen (secondary N) is 3. The molecule has 6 heteroatoms. The SMILES string of the molecule is O=C(NC1CC2(CNC2)C1)c1cc2c(Br)c(F)ccc2[nH]1. The van der Waals surface area contributed by atoms with Crippen molar-refractivity contribution in [1.29, 1.82) is 0 Å². The quantitative estimate of drug-likeness (QED) is 0.778. The van der Waals surface area contributed by atoms with E-state index in [1.807, 2.05) is 0 Å². The van der Waals surface area contributed by atoms with Crippen molar-refractivity contribution >= 4 is 32.7 Å². The van der Waals surface area contributed by atoms with Crippen LogP contribution in [0.5, 0.6) is 0 Å². The average Bonchev–Trinajstić information content (AvgIpc) is 2.80. The van der Waals surface area contributed by atoms with Crippen LogP contribution in [0.25, 0.3) is 10.9 Å². The number of rotatable bonds is 2. The molecule has 1 amide bonds. The Kier molecular flexibility index (Phi) is 2.87. The second kappa shape index (κ2) is 4.55. The van der Waals surface area contributed by atoms with E-state index in [4.69, 9.17) is 0 Å². The summed E-state index contributed by atoms with van der Waals surface area (Å²) in [6, 6.07) is 4.97. The Morgan fingerprint density at radius 1 is 1.38 bits per heavy atom. The van der Waals surface area contributed by atoms with E-state index in [0.717, 1.165) is 31.4 Å². The molecule has 0 bridgehead atoms. The number of hydrogen-bond donors (Lipinski definition) is 3. The summed E-state index contributed by atoms with van der Waals surface area (Å²) in [5.41, 5.74) is 1.66. The van der Waals surface area contributed by atoms with Gasteiger partial charge in [-0.2, -0.15) is 0 Å². The number of hydrogen-bond acceptors (Lipinski definition) is 2. The van der Waals surface area contributed by atoms with Crippen LogP contribution in [-0.4, -0.2) is 30.0 Å². The Morgan fingerprint density at radius 3 is 2.81 bits per heavy atom. The highest BCUT2D eigenvalue weighted by Crippen LogP contribution is 2.44. The molecular formula is C15H15BrFN3O. The van der Waals surface area contributed by atoms with E-state index in [1.165, 1.54) is 6.07 Å². The molecule has 0 atom stereocenters. The standard InChI is InChI=1S/C15H15BrFN3O/c16-13-9-3-12(20-11(9)2-1-10(13)17)14(21)19-8-4-15(5-8)6-18-7-15/h1-3,8,18,20H,4-7H2,(H,19,21). The second-order valence-corrected chi connectivity index (χ2v) is 6.98. The molecule has 1 aliphatic carbocycles. The van der Waals surface area contributed by atoms with Gasteiger partial charge in [0.2, 0.25) is 0 Å². The largest absolute Gasteiger partial charge is 0.350 e. The summed E-state index contributed by atoms with van der Waals surface area (Å²) in [5.74, 6) is -0.447. The number of amides is 1. The molecule has 4 nitrogen and oxygen atoms in total. The van der Waals surface area contributed by atoms with Gasteiger partial charge < -0.3 is 15.6 Å². The summed E-state index contributed by atoms with van der Waals surface area (Å²) in [6.07, 6.45) is 2.09. The number of carbonyl (C=O) groups excluding carboxylic acids is 1. The van der Waals surface area contributed by atoms with Gasteiger partial charge in [-0.25, -0.2) is 4.39 Å². The number of carbonyl (C=O) groups is 1. The summed E-state index contributed by atoms with van der Waals surface area (Å²) in [4.78, 5) is 15.3. The molecule has 2 fully saturated rings. The molecule has 1 saturated carbocycles. The van der Waals surface area contributed by atoms with Crippen molar-refractivity contribution in [3.05, 3.63) is 34.2 Å². The van der Waals surface area contributed by atoms with Gasteiger partial charge in [0.05, 0.1) is 4.47 Å². The number of aromatic nitrogens is 1. The molecule has 0 unspecified atom stereocenters. The van der Waals surface area contributed by atoms with Crippen molar-refractivity contribution in [2.45, 2.75) is 18.9 Å². The van der Waals surface area contributed by atoms with Crippen LogP contribution in [0.15, 0.2) is 22.7 Å². The Labute approximate surface area is 129 Å². The second-order valence-electron chi connectivity index (χ2n) is 6.19. The first-order chi connectivity index (χ1) is 10.1. The Bertz CT molecular complexity index is 730. The van der Waals surface area contributed by atoms with Crippen LogP contribution in [0.3, 0.4) is 0 Å². The lowest BCUT2D eigenvalue weighted by atomic mass is 9.61. The van der Waals surface area contributed by atoms with Gasteiger partial charge in [0.15, 0.2) is 0 Å². The minimum Gasteiger partial charge on any atom is -0.350 e. The van der Waals surface area contributed by atoms with Crippen LogP contribution in [0.4, 0.5) is 4.39 Å². The molecule has 2 aromatic rings. The van der Waals surface area contributed by atoms with Gasteiger partial charge >= 0.3 is 0 Å². The van der Waals surface area contributed by atoms with E-state index in [1.54, 1.807) is 12.1 Å². The lowest BCUT2D eigenvalue weighted by Crippen LogP contribution is -2.65. The summed E-state index contributed by atoms with van der Waals surface area (Å²) >= 11 is 3.22. The van der Waals surface area contributed by atoms with Crippen LogP contribution in [0.1, 0.15) is 23.3 Å².